The van der Waals surface area contributed by atoms with Gasteiger partial charge >= 0.3 is 0 Å². The molecule has 3 rings (SSSR count). The second-order valence-corrected chi connectivity index (χ2v) is 6.42. The van der Waals surface area contributed by atoms with Crippen molar-refractivity contribution < 1.29 is 14.8 Å². The summed E-state index contributed by atoms with van der Waals surface area (Å²) >= 11 is 0. The van der Waals surface area contributed by atoms with Crippen LogP contribution in [-0.2, 0) is 17.6 Å². The zero-order valence-corrected chi connectivity index (χ0v) is 12.9. The van der Waals surface area contributed by atoms with Gasteiger partial charge in [0.1, 0.15) is 0 Å². The Kier molecular flexibility index (Phi) is 3.91. The second kappa shape index (κ2) is 5.72. The first-order valence-electron chi connectivity index (χ1n) is 7.95. The van der Waals surface area contributed by atoms with E-state index in [1.54, 1.807) is 11.5 Å². The number of benzene rings is 1. The second-order valence-electron chi connectivity index (χ2n) is 6.42. The molecule has 5 heteroatoms. The Morgan fingerprint density at radius 3 is 2.91 bits per heavy atom. The summed E-state index contributed by atoms with van der Waals surface area (Å²) in [6.07, 6.45) is 4.36. The standard InChI is InChI=1S/C17H22N2O3/c1-2-8-19-9-7-17(16(19)21)6-5-12-3-4-13(15(20)18-22)10-14(12)11-17/h3-4,10,22H,2,5-9,11H2,1H3,(H,18,20)/t17-/m0/s1. The molecule has 2 aliphatic rings. The van der Waals surface area contributed by atoms with Crippen molar-refractivity contribution in [3.05, 3.63) is 34.9 Å². The molecule has 1 spiro atoms. The molecule has 1 heterocycles. The van der Waals surface area contributed by atoms with Gasteiger partial charge in [-0.15, -0.1) is 0 Å². The Balaban J connectivity index is 1.87. The molecule has 118 valence electrons. The van der Waals surface area contributed by atoms with Crippen molar-refractivity contribution in [1.29, 1.82) is 0 Å². The van der Waals surface area contributed by atoms with Gasteiger partial charge in [-0.3, -0.25) is 14.8 Å². The zero-order valence-electron chi connectivity index (χ0n) is 12.9. The Morgan fingerprint density at radius 2 is 2.18 bits per heavy atom. The molecule has 1 atom stereocenters. The number of hydrogen-bond acceptors (Lipinski definition) is 3. The maximum absolute atomic E-state index is 12.8. The number of likely N-dealkylation sites (tertiary alicyclic amines) is 1. The van der Waals surface area contributed by atoms with E-state index < -0.39 is 5.91 Å². The molecule has 22 heavy (non-hydrogen) atoms. The highest BCUT2D eigenvalue weighted by Crippen LogP contribution is 2.43. The highest BCUT2D eigenvalue weighted by Gasteiger charge is 2.47. The van der Waals surface area contributed by atoms with Gasteiger partial charge in [-0.25, -0.2) is 5.48 Å². The Morgan fingerprint density at radius 1 is 1.36 bits per heavy atom. The lowest BCUT2D eigenvalue weighted by Gasteiger charge is -2.33. The van der Waals surface area contributed by atoms with Crippen LogP contribution in [0.2, 0.25) is 0 Å². The van der Waals surface area contributed by atoms with Crippen LogP contribution in [0.3, 0.4) is 0 Å². The minimum Gasteiger partial charge on any atom is -0.342 e. The van der Waals surface area contributed by atoms with Gasteiger partial charge in [-0.1, -0.05) is 13.0 Å². The third-order valence-electron chi connectivity index (χ3n) is 5.07. The van der Waals surface area contributed by atoms with Crippen LogP contribution in [0.5, 0.6) is 0 Å². The summed E-state index contributed by atoms with van der Waals surface area (Å²) in [5.74, 6) is -0.232. The molecule has 1 aromatic carbocycles. The molecule has 1 aliphatic carbocycles. The molecule has 0 saturated carbocycles. The van der Waals surface area contributed by atoms with Gasteiger partial charge in [0.25, 0.3) is 5.91 Å². The van der Waals surface area contributed by atoms with Crippen LogP contribution in [0.25, 0.3) is 0 Å². The van der Waals surface area contributed by atoms with Crippen molar-refractivity contribution in [3.8, 4) is 0 Å². The van der Waals surface area contributed by atoms with Crippen LogP contribution < -0.4 is 5.48 Å². The Hall–Kier alpha value is -1.88. The quantitative estimate of drug-likeness (QED) is 0.662. The maximum atomic E-state index is 12.8. The van der Waals surface area contributed by atoms with E-state index in [4.69, 9.17) is 5.21 Å². The number of hydrogen-bond donors (Lipinski definition) is 2. The van der Waals surface area contributed by atoms with Crippen molar-refractivity contribution in [3.63, 3.8) is 0 Å². The highest BCUT2D eigenvalue weighted by atomic mass is 16.5. The molecule has 0 bridgehead atoms. The lowest BCUT2D eigenvalue weighted by Crippen LogP contribution is -2.39. The fourth-order valence-electron chi connectivity index (χ4n) is 3.84. The Labute approximate surface area is 130 Å². The number of nitrogens with zero attached hydrogens (tertiary/aromatic N) is 1. The number of nitrogens with one attached hydrogen (secondary N) is 1. The van der Waals surface area contributed by atoms with E-state index in [0.717, 1.165) is 44.3 Å². The summed E-state index contributed by atoms with van der Waals surface area (Å²) in [7, 11) is 0. The predicted octanol–water partition coefficient (Wildman–Crippen LogP) is 1.92. The molecule has 0 radical (unpaired) electrons. The molecule has 0 aromatic heterocycles. The van der Waals surface area contributed by atoms with Crippen molar-refractivity contribution in [2.45, 2.75) is 39.0 Å². The van der Waals surface area contributed by atoms with Gasteiger partial charge in [-0.2, -0.15) is 0 Å². The van der Waals surface area contributed by atoms with Crippen molar-refractivity contribution in [2.75, 3.05) is 13.1 Å². The first kappa shape index (κ1) is 15.0. The summed E-state index contributed by atoms with van der Waals surface area (Å²) in [4.78, 5) is 26.3. The number of rotatable bonds is 3. The zero-order chi connectivity index (χ0) is 15.7. The largest absolute Gasteiger partial charge is 0.342 e. The third kappa shape index (κ3) is 2.39. The molecule has 5 nitrogen and oxygen atoms in total. The van der Waals surface area contributed by atoms with E-state index in [9.17, 15) is 9.59 Å². The van der Waals surface area contributed by atoms with Gasteiger partial charge in [-0.05, 0) is 55.4 Å². The van der Waals surface area contributed by atoms with E-state index in [0.29, 0.717) is 12.0 Å². The molecule has 0 unspecified atom stereocenters. The third-order valence-corrected chi connectivity index (χ3v) is 5.07. The predicted molar refractivity (Wildman–Crippen MR) is 81.6 cm³/mol. The van der Waals surface area contributed by atoms with Crippen molar-refractivity contribution in [2.24, 2.45) is 5.41 Å². The molecule has 2 N–H and O–H groups in total. The van der Waals surface area contributed by atoms with E-state index in [2.05, 4.69) is 6.92 Å². The number of hydroxylamine groups is 1. The fraction of sp³-hybridized carbons (Fsp3) is 0.529. The monoisotopic (exact) mass is 302 g/mol. The van der Waals surface area contributed by atoms with Gasteiger partial charge in [0.15, 0.2) is 0 Å². The topological polar surface area (TPSA) is 69.6 Å². The molecule has 1 saturated heterocycles. The minimum absolute atomic E-state index is 0.275. The minimum atomic E-state index is -0.507. The first-order chi connectivity index (χ1) is 10.6. The number of carbonyl (C=O) groups excluding carboxylic acids is 2. The summed E-state index contributed by atoms with van der Waals surface area (Å²) < 4.78 is 0. The van der Waals surface area contributed by atoms with E-state index in [-0.39, 0.29) is 11.3 Å². The summed E-state index contributed by atoms with van der Waals surface area (Å²) in [5.41, 5.74) is 4.10. The highest BCUT2D eigenvalue weighted by molar-refractivity contribution is 5.93. The lowest BCUT2D eigenvalue weighted by molar-refractivity contribution is -0.136. The molecular formula is C17H22N2O3. The number of amides is 2. The van der Waals surface area contributed by atoms with Gasteiger partial charge in [0.05, 0.1) is 5.41 Å². The van der Waals surface area contributed by atoms with Crippen LogP contribution in [0.4, 0.5) is 0 Å². The molecule has 1 aliphatic heterocycles. The smallest absolute Gasteiger partial charge is 0.274 e. The normalized spacial score (nSPS) is 23.7. The summed E-state index contributed by atoms with van der Waals surface area (Å²) in [5, 5.41) is 8.77. The van der Waals surface area contributed by atoms with Crippen molar-refractivity contribution >= 4 is 11.8 Å². The van der Waals surface area contributed by atoms with Crippen LogP contribution >= 0.6 is 0 Å². The molecular weight excluding hydrogens is 280 g/mol. The van der Waals surface area contributed by atoms with Gasteiger partial charge in [0, 0.05) is 18.7 Å². The Bertz CT molecular complexity index is 614. The number of carbonyl (C=O) groups is 2. The van der Waals surface area contributed by atoms with E-state index in [1.165, 1.54) is 5.56 Å². The average molecular weight is 302 g/mol. The average Bonchev–Trinajstić information content (AvgIpc) is 2.83. The van der Waals surface area contributed by atoms with E-state index in [1.807, 2.05) is 17.0 Å². The SMILES string of the molecule is CCCN1CC[C@]2(CCc3ccc(C(=O)NO)cc3C2)C1=O. The van der Waals surface area contributed by atoms with E-state index >= 15 is 0 Å². The summed E-state index contributed by atoms with van der Waals surface area (Å²) in [6, 6.07) is 5.48. The van der Waals surface area contributed by atoms with Crippen LogP contribution in [0, 0.1) is 5.41 Å². The first-order valence-corrected chi connectivity index (χ1v) is 7.95. The van der Waals surface area contributed by atoms with Gasteiger partial charge < -0.3 is 4.90 Å². The lowest BCUT2D eigenvalue weighted by atomic mass is 9.70. The number of aryl methyl sites for hydroxylation is 1. The molecule has 2 amide bonds. The fourth-order valence-corrected chi connectivity index (χ4v) is 3.84. The number of fused-ring (bicyclic) bond motifs is 1. The van der Waals surface area contributed by atoms with Crippen LogP contribution in [0.1, 0.15) is 47.7 Å². The van der Waals surface area contributed by atoms with Crippen LogP contribution in [0.15, 0.2) is 18.2 Å². The van der Waals surface area contributed by atoms with Gasteiger partial charge in [0.2, 0.25) is 5.91 Å². The van der Waals surface area contributed by atoms with Crippen molar-refractivity contribution in [1.82, 2.24) is 10.4 Å². The van der Waals surface area contributed by atoms with Crippen LogP contribution in [-0.4, -0.2) is 35.0 Å². The summed E-state index contributed by atoms with van der Waals surface area (Å²) in [6.45, 7) is 3.77. The molecule has 1 fully saturated rings. The maximum Gasteiger partial charge on any atom is 0.274 e. The molecule has 1 aromatic rings.